The first-order valence-electron chi connectivity index (χ1n) is 21.6. The van der Waals surface area contributed by atoms with E-state index in [1.165, 1.54) is 99.4 Å². The summed E-state index contributed by atoms with van der Waals surface area (Å²) in [6.07, 6.45) is 4.61. The number of aromatic nitrogens is 2. The molecule has 0 fully saturated rings. The van der Waals surface area contributed by atoms with Gasteiger partial charge >= 0.3 is 0 Å². The summed E-state index contributed by atoms with van der Waals surface area (Å²) < 4.78 is 4.90. The van der Waals surface area contributed by atoms with E-state index in [-0.39, 0.29) is 5.41 Å². The van der Waals surface area contributed by atoms with Crippen LogP contribution < -0.4 is 4.90 Å². The third-order valence-corrected chi connectivity index (χ3v) is 13.5. The molecule has 1 aliphatic heterocycles. The van der Waals surface area contributed by atoms with Gasteiger partial charge in [0, 0.05) is 50.2 Å². The van der Waals surface area contributed by atoms with Gasteiger partial charge in [-0.25, -0.2) is 0 Å². The lowest BCUT2D eigenvalue weighted by Gasteiger charge is -2.37. The molecular weight excluding hydrogens is 751 g/mol. The fourth-order valence-electron chi connectivity index (χ4n) is 10.6. The summed E-state index contributed by atoms with van der Waals surface area (Å²) in [5, 5.41) is 5.03. The molecule has 0 bridgehead atoms. The second kappa shape index (κ2) is 13.1. The highest BCUT2D eigenvalue weighted by Crippen LogP contribution is 2.53. The molecule has 0 unspecified atom stereocenters. The number of hydrogen-bond acceptors (Lipinski definition) is 1. The third kappa shape index (κ3) is 5.00. The maximum atomic E-state index is 2.49. The second-order valence-corrected chi connectivity index (χ2v) is 17.4. The molecule has 0 radical (unpaired) electrons. The molecule has 3 heteroatoms. The van der Waals surface area contributed by atoms with E-state index in [0.29, 0.717) is 0 Å². The lowest BCUT2D eigenvalue weighted by molar-refractivity contribution is 0.659. The largest absolute Gasteiger partial charge is 0.317 e. The summed E-state index contributed by atoms with van der Waals surface area (Å²) in [4.78, 5) is 2.37. The van der Waals surface area contributed by atoms with E-state index in [1.54, 1.807) is 0 Å². The van der Waals surface area contributed by atoms with Crippen molar-refractivity contribution in [2.24, 2.45) is 0 Å². The Kier molecular flexibility index (Phi) is 7.36. The molecule has 292 valence electrons. The molecular formula is C59H41N3. The van der Waals surface area contributed by atoms with E-state index < -0.39 is 0 Å². The Bertz CT molecular complexity index is 3570. The first kappa shape index (κ1) is 34.9. The zero-order valence-corrected chi connectivity index (χ0v) is 34.5. The first-order valence-corrected chi connectivity index (χ1v) is 21.6. The number of hydrogen-bond donors (Lipinski definition) is 0. The molecule has 1 aliphatic carbocycles. The smallest absolute Gasteiger partial charge is 0.0541 e. The highest BCUT2D eigenvalue weighted by Gasteiger charge is 2.32. The van der Waals surface area contributed by atoms with E-state index >= 15 is 0 Å². The molecule has 0 saturated carbocycles. The zero-order valence-electron chi connectivity index (χ0n) is 34.5. The zero-order chi connectivity index (χ0) is 41.1. The van der Waals surface area contributed by atoms with Crippen LogP contribution in [0.15, 0.2) is 212 Å². The summed E-state index contributed by atoms with van der Waals surface area (Å²) in [5.41, 5.74) is 20.4. The summed E-state index contributed by atoms with van der Waals surface area (Å²) in [7, 11) is 0. The Morgan fingerprint density at radius 2 is 0.710 bits per heavy atom. The van der Waals surface area contributed by atoms with Gasteiger partial charge in [0.25, 0.3) is 0 Å². The highest BCUT2D eigenvalue weighted by atomic mass is 15.1. The number of para-hydroxylation sites is 5. The molecule has 0 atom stereocenters. The predicted molar refractivity (Wildman–Crippen MR) is 261 cm³/mol. The van der Waals surface area contributed by atoms with E-state index in [9.17, 15) is 0 Å². The molecule has 2 aromatic heterocycles. The monoisotopic (exact) mass is 791 g/mol. The van der Waals surface area contributed by atoms with Crippen molar-refractivity contribution < 1.29 is 0 Å². The minimum atomic E-state index is -0.175. The van der Waals surface area contributed by atoms with E-state index in [0.717, 1.165) is 17.1 Å². The number of fused-ring (bicyclic) bond motifs is 15. The van der Waals surface area contributed by atoms with Crippen LogP contribution in [0, 0.1) is 0 Å². The minimum absolute atomic E-state index is 0.175. The number of allylic oxidation sites excluding steroid dienone is 1. The third-order valence-electron chi connectivity index (χ3n) is 13.5. The molecule has 2 aliphatic rings. The second-order valence-electron chi connectivity index (χ2n) is 17.4. The molecule has 0 N–H and O–H groups in total. The average molecular weight is 792 g/mol. The molecule has 0 spiro atoms. The van der Waals surface area contributed by atoms with Gasteiger partial charge in [-0.1, -0.05) is 147 Å². The van der Waals surface area contributed by atoms with Gasteiger partial charge in [-0.05, 0) is 123 Å². The summed E-state index contributed by atoms with van der Waals surface area (Å²) in [6, 6.07) is 74.3. The standard InChI is InChI=1S/C59H41N3/c1-59(2)32-33-60(38-16-4-3-5-17-38)58-37-52-44-31-29-40(62-56-26-14-10-22-47(56)48-23-11-15-27-57(48)62)35-50(44)49-34-39(61-54-24-12-8-20-45(54)46-21-9-13-25-55(46)61)28-30-43(49)41-18-6-7-19-42(41)51(52)36-53(58)59/h3-37H,1-2H3. The minimum Gasteiger partial charge on any atom is -0.317 e. The molecule has 0 saturated heterocycles. The van der Waals surface area contributed by atoms with Crippen molar-refractivity contribution in [3.63, 3.8) is 0 Å². The average Bonchev–Trinajstić information content (AvgIpc) is 3.84. The van der Waals surface area contributed by atoms with Crippen LogP contribution in [0.25, 0.3) is 99.5 Å². The van der Waals surface area contributed by atoms with Crippen molar-refractivity contribution in [1.82, 2.24) is 9.13 Å². The van der Waals surface area contributed by atoms with Gasteiger partial charge < -0.3 is 14.0 Å². The molecule has 11 aromatic rings. The fourth-order valence-corrected chi connectivity index (χ4v) is 10.6. The highest BCUT2D eigenvalue weighted by molar-refractivity contribution is 6.12. The molecule has 3 nitrogen and oxygen atoms in total. The van der Waals surface area contributed by atoms with Crippen LogP contribution in [0.4, 0.5) is 11.4 Å². The number of nitrogens with zero attached hydrogens (tertiary/aromatic N) is 3. The van der Waals surface area contributed by atoms with Crippen LogP contribution >= 0.6 is 0 Å². The van der Waals surface area contributed by atoms with Crippen molar-refractivity contribution in [1.29, 1.82) is 0 Å². The van der Waals surface area contributed by atoms with Crippen LogP contribution in [0.5, 0.6) is 0 Å². The molecule has 0 amide bonds. The fraction of sp³-hybridized carbons (Fsp3) is 0.0508. The first-order chi connectivity index (χ1) is 30.5. The summed E-state index contributed by atoms with van der Waals surface area (Å²) >= 11 is 0. The van der Waals surface area contributed by atoms with E-state index in [2.05, 4.69) is 240 Å². The van der Waals surface area contributed by atoms with E-state index in [4.69, 9.17) is 0 Å². The maximum absolute atomic E-state index is 2.49. The summed E-state index contributed by atoms with van der Waals surface area (Å²) in [6.45, 7) is 4.67. The van der Waals surface area contributed by atoms with Crippen molar-refractivity contribution >= 4 is 55.0 Å². The Hall–Kier alpha value is -7.88. The topological polar surface area (TPSA) is 13.1 Å². The van der Waals surface area contributed by atoms with E-state index in [1.807, 2.05) is 0 Å². The van der Waals surface area contributed by atoms with Gasteiger partial charge in [0.1, 0.15) is 0 Å². The van der Waals surface area contributed by atoms with Gasteiger partial charge in [-0.15, -0.1) is 0 Å². The Morgan fingerprint density at radius 3 is 1.23 bits per heavy atom. The van der Waals surface area contributed by atoms with Crippen LogP contribution in [0.1, 0.15) is 19.4 Å². The van der Waals surface area contributed by atoms with Gasteiger partial charge in [0.05, 0.1) is 27.8 Å². The summed E-state index contributed by atoms with van der Waals surface area (Å²) in [5.74, 6) is 0. The van der Waals surface area contributed by atoms with Crippen LogP contribution in [0.2, 0.25) is 0 Å². The molecule has 9 aromatic carbocycles. The van der Waals surface area contributed by atoms with Crippen molar-refractivity contribution in [3.8, 4) is 55.9 Å². The van der Waals surface area contributed by atoms with Gasteiger partial charge in [-0.3, -0.25) is 0 Å². The lowest BCUT2D eigenvalue weighted by Crippen LogP contribution is -2.25. The predicted octanol–water partition coefficient (Wildman–Crippen LogP) is 15.8. The molecule has 62 heavy (non-hydrogen) atoms. The lowest BCUT2D eigenvalue weighted by atomic mass is 9.75. The van der Waals surface area contributed by atoms with Crippen molar-refractivity contribution in [2.45, 2.75) is 19.3 Å². The van der Waals surface area contributed by atoms with Crippen LogP contribution in [0.3, 0.4) is 0 Å². The number of anilines is 2. The van der Waals surface area contributed by atoms with Crippen molar-refractivity contribution in [3.05, 3.63) is 218 Å². The van der Waals surface area contributed by atoms with Crippen LogP contribution in [-0.4, -0.2) is 9.13 Å². The molecule has 13 rings (SSSR count). The normalized spacial score (nSPS) is 13.7. The maximum Gasteiger partial charge on any atom is 0.0541 e. The van der Waals surface area contributed by atoms with Crippen molar-refractivity contribution in [2.75, 3.05) is 4.90 Å². The Labute approximate surface area is 360 Å². The van der Waals surface area contributed by atoms with Gasteiger partial charge in [-0.2, -0.15) is 0 Å². The number of benzene rings is 9. The molecule has 3 heterocycles. The van der Waals surface area contributed by atoms with Gasteiger partial charge in [0.15, 0.2) is 0 Å². The Morgan fingerprint density at radius 1 is 0.323 bits per heavy atom. The van der Waals surface area contributed by atoms with Gasteiger partial charge in [0.2, 0.25) is 0 Å². The Balaban J connectivity index is 1.15. The number of rotatable bonds is 3. The van der Waals surface area contributed by atoms with Crippen LogP contribution in [-0.2, 0) is 5.41 Å². The SMILES string of the molecule is CC1(C)C=CN(c2ccccc2)c2cc3c(cc21)-c1ccccc1-c1ccc(-n2c4ccccc4c4ccccc42)cc1-c1cc(-n2c4ccccc4c4ccccc42)ccc1-3. The quantitative estimate of drug-likeness (QED) is 0.174.